The number of halogens is 1. The minimum atomic E-state index is 0.560. The number of hydrogen-bond donors (Lipinski definition) is 0. The number of fused-ring (bicyclic) bond motifs is 1. The van der Waals surface area contributed by atoms with Crippen molar-refractivity contribution in [1.82, 2.24) is 4.90 Å². The molecule has 0 fully saturated rings. The van der Waals surface area contributed by atoms with Crippen molar-refractivity contribution in [3.8, 4) is 0 Å². The fraction of sp³-hybridized carbons (Fsp3) is 0.455. The van der Waals surface area contributed by atoms with E-state index in [0.29, 0.717) is 14.5 Å². The maximum absolute atomic E-state index is 3.74. The Morgan fingerprint density at radius 1 is 1.40 bits per heavy atom. The zero-order chi connectivity index (χ0) is 10.8. The fourth-order valence-corrected chi connectivity index (χ4v) is 6.74. The Bertz CT molecular complexity index is 444. The molecule has 0 atom stereocenters. The predicted octanol–water partition coefficient (Wildman–Crippen LogP) is 3.56. The summed E-state index contributed by atoms with van der Waals surface area (Å²) in [6.45, 7) is 7.88. The average molecular weight is 351 g/mol. The molecule has 2 rings (SSSR count). The van der Waals surface area contributed by atoms with E-state index in [1.807, 2.05) is 11.3 Å². The van der Waals surface area contributed by atoms with Crippen LogP contribution in [0.3, 0.4) is 0 Å². The molecular weight excluding hydrogens is 337 g/mol. The second kappa shape index (κ2) is 5.15. The zero-order valence-corrected chi connectivity index (χ0v) is 13.0. The molecule has 0 unspecified atom stereocenters. The molecule has 4 heteroatoms. The van der Waals surface area contributed by atoms with Gasteiger partial charge in [0.25, 0.3) is 0 Å². The zero-order valence-electron chi connectivity index (χ0n) is 8.92. The molecule has 0 aliphatic heterocycles. The second-order valence-electron chi connectivity index (χ2n) is 3.42. The minimum absolute atomic E-state index is 0.560. The third-order valence-corrected chi connectivity index (χ3v) is 7.90. The Morgan fingerprint density at radius 2 is 2.13 bits per heavy atom. The van der Waals surface area contributed by atoms with Gasteiger partial charge < -0.3 is 0 Å². The second-order valence-corrected chi connectivity index (χ2v) is 8.03. The molecule has 2 aromatic rings. The van der Waals surface area contributed by atoms with Gasteiger partial charge in [-0.25, -0.2) is 0 Å². The molecule has 1 nitrogen and oxygen atoms in total. The van der Waals surface area contributed by atoms with E-state index in [-0.39, 0.29) is 0 Å². The van der Waals surface area contributed by atoms with Crippen LogP contribution in [-0.4, -0.2) is 32.5 Å². The molecule has 0 amide bonds. The van der Waals surface area contributed by atoms with Gasteiger partial charge >= 0.3 is 109 Å². The Hall–Kier alpha value is 0.399. The molecule has 2 aromatic heterocycles. The van der Waals surface area contributed by atoms with Crippen LogP contribution in [0.2, 0.25) is 0 Å². The van der Waals surface area contributed by atoms with Crippen LogP contribution in [0.15, 0.2) is 15.9 Å². The van der Waals surface area contributed by atoms with Gasteiger partial charge in [0.05, 0.1) is 0 Å². The van der Waals surface area contributed by atoms with E-state index in [9.17, 15) is 0 Å². The third kappa shape index (κ3) is 2.40. The number of nitrogens with zero attached hydrogens (tertiary/aromatic N) is 1. The third-order valence-electron chi connectivity index (χ3n) is 2.59. The first-order valence-corrected chi connectivity index (χ1v) is 8.51. The standard InChI is InChI=1S/C11H14BrNSSe/c1-3-13(4-2)7-9-10(12)8-5-6-14-11(8)15-9/h5-6H,3-4,7H2,1-2H3. The summed E-state index contributed by atoms with van der Waals surface area (Å²) in [4.78, 5) is 2.48. The van der Waals surface area contributed by atoms with Crippen molar-refractivity contribution in [2.24, 2.45) is 0 Å². The van der Waals surface area contributed by atoms with Gasteiger partial charge in [-0.05, 0) is 0 Å². The van der Waals surface area contributed by atoms with Crippen molar-refractivity contribution >= 4 is 50.7 Å². The van der Waals surface area contributed by atoms with E-state index >= 15 is 0 Å². The van der Waals surface area contributed by atoms with Gasteiger partial charge in [-0.2, -0.15) is 0 Å². The molecule has 15 heavy (non-hydrogen) atoms. The fourth-order valence-electron chi connectivity index (χ4n) is 1.60. The van der Waals surface area contributed by atoms with E-state index in [2.05, 4.69) is 46.1 Å². The Labute approximate surface area is 109 Å². The van der Waals surface area contributed by atoms with Crippen molar-refractivity contribution in [1.29, 1.82) is 0 Å². The molecule has 0 aromatic carbocycles. The molecular formula is C11H14BrNSSe. The van der Waals surface area contributed by atoms with Crippen molar-refractivity contribution in [3.05, 3.63) is 20.4 Å². The summed E-state index contributed by atoms with van der Waals surface area (Å²) in [6, 6.07) is 2.24. The molecule has 0 spiro atoms. The molecule has 0 N–H and O–H groups in total. The van der Waals surface area contributed by atoms with Crippen LogP contribution < -0.4 is 0 Å². The Morgan fingerprint density at radius 3 is 2.73 bits per heavy atom. The van der Waals surface area contributed by atoms with Crippen molar-refractivity contribution in [3.63, 3.8) is 0 Å². The summed E-state index contributed by atoms with van der Waals surface area (Å²) >= 11 is 6.20. The Kier molecular flexibility index (Phi) is 4.08. The summed E-state index contributed by atoms with van der Waals surface area (Å²) in [5.41, 5.74) is 0. The summed E-state index contributed by atoms with van der Waals surface area (Å²) < 4.78 is 4.55. The van der Waals surface area contributed by atoms with E-state index in [4.69, 9.17) is 0 Å². The van der Waals surface area contributed by atoms with E-state index in [1.165, 1.54) is 9.86 Å². The average Bonchev–Trinajstić information content (AvgIpc) is 2.80. The van der Waals surface area contributed by atoms with Crippen molar-refractivity contribution < 1.29 is 0 Å². The summed E-state index contributed by atoms with van der Waals surface area (Å²) in [7, 11) is 0. The molecule has 0 bridgehead atoms. The first-order valence-electron chi connectivity index (χ1n) is 5.13. The predicted molar refractivity (Wildman–Crippen MR) is 73.1 cm³/mol. The first-order chi connectivity index (χ1) is 7.26. The van der Waals surface area contributed by atoms with Crippen LogP contribution in [-0.2, 0) is 6.54 Å². The molecule has 0 radical (unpaired) electrons. The van der Waals surface area contributed by atoms with Crippen LogP contribution in [0.25, 0.3) is 8.96 Å². The van der Waals surface area contributed by atoms with Gasteiger partial charge in [0.2, 0.25) is 0 Å². The number of hydrogen-bond acceptors (Lipinski definition) is 2. The summed E-state index contributed by atoms with van der Waals surface area (Å²) in [5.74, 6) is 0. The molecule has 0 saturated heterocycles. The van der Waals surface area contributed by atoms with E-state index in [0.717, 1.165) is 19.6 Å². The van der Waals surface area contributed by atoms with Crippen LogP contribution in [0.5, 0.6) is 0 Å². The molecule has 2 heterocycles. The van der Waals surface area contributed by atoms with Crippen LogP contribution in [0.1, 0.15) is 18.3 Å². The molecule has 0 saturated carbocycles. The van der Waals surface area contributed by atoms with Crippen LogP contribution >= 0.6 is 27.3 Å². The van der Waals surface area contributed by atoms with Gasteiger partial charge in [0, 0.05) is 0 Å². The Balaban J connectivity index is 2.27. The maximum atomic E-state index is 3.74. The molecule has 0 aliphatic rings. The number of rotatable bonds is 4. The quantitative estimate of drug-likeness (QED) is 0.762. The van der Waals surface area contributed by atoms with Crippen molar-refractivity contribution in [2.45, 2.75) is 20.4 Å². The molecule has 82 valence electrons. The van der Waals surface area contributed by atoms with E-state index in [1.54, 1.807) is 8.01 Å². The first kappa shape index (κ1) is 11.9. The van der Waals surface area contributed by atoms with Gasteiger partial charge in [-0.1, -0.05) is 0 Å². The van der Waals surface area contributed by atoms with Gasteiger partial charge in [-0.3, -0.25) is 0 Å². The van der Waals surface area contributed by atoms with Crippen molar-refractivity contribution in [2.75, 3.05) is 13.1 Å². The van der Waals surface area contributed by atoms with E-state index < -0.39 is 0 Å². The summed E-state index contributed by atoms with van der Waals surface area (Å²) in [6.07, 6.45) is 0. The topological polar surface area (TPSA) is 3.24 Å². The number of thiophene rings is 1. The normalized spacial score (nSPS) is 11.7. The van der Waals surface area contributed by atoms with Crippen LogP contribution in [0.4, 0.5) is 0 Å². The monoisotopic (exact) mass is 351 g/mol. The summed E-state index contributed by atoms with van der Waals surface area (Å²) in [5, 5.41) is 3.64. The SMILES string of the molecule is CCN(CC)Cc1[se]c2sccc2c1Br. The van der Waals surface area contributed by atoms with Gasteiger partial charge in [0.1, 0.15) is 0 Å². The van der Waals surface area contributed by atoms with Gasteiger partial charge in [0.15, 0.2) is 0 Å². The van der Waals surface area contributed by atoms with Gasteiger partial charge in [-0.15, -0.1) is 0 Å². The molecule has 0 aliphatic carbocycles. The van der Waals surface area contributed by atoms with Crippen LogP contribution in [0, 0.1) is 0 Å².